The van der Waals surface area contributed by atoms with Gasteiger partial charge in [-0.3, -0.25) is 14.8 Å². The number of allylic oxidation sites excluding steroid dienone is 1. The summed E-state index contributed by atoms with van der Waals surface area (Å²) in [7, 11) is 1.79. The largest absolute Gasteiger partial charge is 0.457 e. The van der Waals surface area contributed by atoms with Gasteiger partial charge >= 0.3 is 0 Å². The normalized spacial score (nSPS) is 11.0. The highest BCUT2D eigenvalue weighted by Gasteiger charge is 2.08. The molecule has 8 heteroatoms. The fraction of sp³-hybridized carbons (Fsp3) is 0.0714. The number of hydrogen-bond acceptors (Lipinski definition) is 7. The Hall–Kier alpha value is -4.98. The quantitative estimate of drug-likeness (QED) is 0.353. The molecule has 0 aliphatic carbocycles. The van der Waals surface area contributed by atoms with Gasteiger partial charge in [0.1, 0.15) is 17.3 Å². The third-order valence-corrected chi connectivity index (χ3v) is 5.22. The summed E-state index contributed by atoms with van der Waals surface area (Å²) in [6.45, 7) is 9.81. The molecule has 0 saturated carbocycles. The fourth-order valence-corrected chi connectivity index (χ4v) is 3.30. The van der Waals surface area contributed by atoms with Crippen LogP contribution in [0.2, 0.25) is 0 Å². The Morgan fingerprint density at radius 3 is 2.44 bits per heavy atom. The molecule has 0 aliphatic rings. The molecule has 0 saturated heterocycles. The lowest BCUT2D eigenvalue weighted by atomic mass is 10.2. The van der Waals surface area contributed by atoms with Crippen molar-refractivity contribution in [3.05, 3.63) is 107 Å². The van der Waals surface area contributed by atoms with Crippen LogP contribution in [0.4, 0.5) is 17.2 Å². The molecule has 0 atom stereocenters. The van der Waals surface area contributed by atoms with Gasteiger partial charge in [-0.05, 0) is 61.5 Å². The number of carbonyl (C=O) groups excluding carboxylic acids is 1. The van der Waals surface area contributed by atoms with Crippen LogP contribution in [0, 0.1) is 6.92 Å². The van der Waals surface area contributed by atoms with Crippen LogP contribution in [-0.2, 0) is 0 Å². The third kappa shape index (κ3) is 6.12. The van der Waals surface area contributed by atoms with Gasteiger partial charge in [0, 0.05) is 54.0 Å². The van der Waals surface area contributed by atoms with Crippen molar-refractivity contribution in [3.63, 3.8) is 0 Å². The van der Waals surface area contributed by atoms with Crippen LogP contribution in [0.3, 0.4) is 0 Å². The SMILES string of the molecule is C=C(/C=c1/c(Nc2ccc(C(=O)Nc3ccc(Oc4ccnc(C)c4)cc3)cn2)ccnc1=C)NC. The lowest BCUT2D eigenvalue weighted by Gasteiger charge is -2.10. The van der Waals surface area contributed by atoms with Gasteiger partial charge in [-0.25, -0.2) is 4.98 Å². The third-order valence-electron chi connectivity index (χ3n) is 5.22. The Morgan fingerprint density at radius 1 is 0.972 bits per heavy atom. The average Bonchev–Trinajstić information content (AvgIpc) is 2.87. The molecule has 4 aromatic rings. The van der Waals surface area contributed by atoms with Crippen LogP contribution < -0.4 is 31.3 Å². The smallest absolute Gasteiger partial charge is 0.257 e. The van der Waals surface area contributed by atoms with Crippen LogP contribution in [0.1, 0.15) is 16.1 Å². The number of rotatable bonds is 8. The van der Waals surface area contributed by atoms with E-state index >= 15 is 0 Å². The first-order chi connectivity index (χ1) is 17.4. The zero-order valence-electron chi connectivity index (χ0n) is 20.1. The van der Waals surface area contributed by atoms with Crippen molar-refractivity contribution in [2.45, 2.75) is 6.92 Å². The fourth-order valence-electron chi connectivity index (χ4n) is 3.30. The van der Waals surface area contributed by atoms with E-state index in [-0.39, 0.29) is 5.91 Å². The molecule has 0 radical (unpaired) electrons. The number of benzene rings is 1. The lowest BCUT2D eigenvalue weighted by Crippen LogP contribution is -2.30. The first-order valence-electron chi connectivity index (χ1n) is 11.2. The number of nitrogens with one attached hydrogen (secondary N) is 3. The van der Waals surface area contributed by atoms with Gasteiger partial charge in [-0.15, -0.1) is 0 Å². The van der Waals surface area contributed by atoms with Gasteiger partial charge in [0.2, 0.25) is 0 Å². The zero-order valence-corrected chi connectivity index (χ0v) is 20.1. The second kappa shape index (κ2) is 11.0. The minimum absolute atomic E-state index is 0.268. The van der Waals surface area contributed by atoms with E-state index in [1.54, 1.807) is 61.9 Å². The highest BCUT2D eigenvalue weighted by atomic mass is 16.5. The molecular weight excluding hydrogens is 452 g/mol. The maximum absolute atomic E-state index is 12.7. The summed E-state index contributed by atoms with van der Waals surface area (Å²) in [6.07, 6.45) is 6.74. The number of hydrogen-bond donors (Lipinski definition) is 3. The minimum Gasteiger partial charge on any atom is -0.457 e. The number of ether oxygens (including phenoxy) is 1. The second-order valence-electron chi connectivity index (χ2n) is 7.91. The maximum Gasteiger partial charge on any atom is 0.257 e. The van der Waals surface area contributed by atoms with Gasteiger partial charge in [-0.2, -0.15) is 0 Å². The van der Waals surface area contributed by atoms with Crippen molar-refractivity contribution in [2.75, 3.05) is 17.7 Å². The van der Waals surface area contributed by atoms with Crippen LogP contribution >= 0.6 is 0 Å². The van der Waals surface area contributed by atoms with Gasteiger partial charge in [0.25, 0.3) is 5.91 Å². The van der Waals surface area contributed by atoms with Crippen LogP contribution in [-0.4, -0.2) is 27.9 Å². The summed E-state index contributed by atoms with van der Waals surface area (Å²) in [4.78, 5) is 25.5. The number of amides is 1. The summed E-state index contributed by atoms with van der Waals surface area (Å²) in [6, 6.07) is 16.1. The summed E-state index contributed by atoms with van der Waals surface area (Å²) in [5, 5.41) is 10.5. The molecule has 3 aromatic heterocycles. The summed E-state index contributed by atoms with van der Waals surface area (Å²) < 4.78 is 5.82. The molecular formula is C28H26N6O2. The standard InChI is InChI=1S/C28H26N6O2/c1-18(29-4)16-25-20(3)31-14-12-26(25)34-27-10-5-21(17-32-27)28(35)33-22-6-8-23(9-7-22)36-24-11-13-30-19(2)15-24/h5-17,29H,1,3H2,2,4H3,(H,32,34)(H,33,35)/b25-16+. The molecule has 4 rings (SSSR count). The number of carbonyl (C=O) groups is 1. The molecule has 1 aromatic carbocycles. The van der Waals surface area contributed by atoms with Gasteiger partial charge in [-0.1, -0.05) is 13.2 Å². The number of aryl methyl sites for hydroxylation is 1. The Kier molecular flexibility index (Phi) is 7.36. The van der Waals surface area contributed by atoms with E-state index in [1.807, 2.05) is 25.1 Å². The number of anilines is 3. The Bertz CT molecular complexity index is 1500. The van der Waals surface area contributed by atoms with Crippen molar-refractivity contribution in [2.24, 2.45) is 0 Å². The first-order valence-corrected chi connectivity index (χ1v) is 11.2. The van der Waals surface area contributed by atoms with Crippen molar-refractivity contribution in [3.8, 4) is 11.5 Å². The van der Waals surface area contributed by atoms with Crippen LogP contribution in [0.25, 0.3) is 12.7 Å². The molecule has 0 bridgehead atoms. The van der Waals surface area contributed by atoms with Crippen LogP contribution in [0.5, 0.6) is 11.5 Å². The molecule has 36 heavy (non-hydrogen) atoms. The van der Waals surface area contributed by atoms with E-state index in [4.69, 9.17) is 4.74 Å². The highest BCUT2D eigenvalue weighted by molar-refractivity contribution is 6.04. The molecule has 0 fully saturated rings. The Labute approximate surface area is 209 Å². The summed E-state index contributed by atoms with van der Waals surface area (Å²) in [5.74, 6) is 1.67. The maximum atomic E-state index is 12.7. The topological polar surface area (TPSA) is 101 Å². The molecule has 3 N–H and O–H groups in total. The van der Waals surface area contributed by atoms with Crippen molar-refractivity contribution >= 4 is 35.8 Å². The van der Waals surface area contributed by atoms with Gasteiger partial charge in [0.15, 0.2) is 0 Å². The number of aromatic nitrogens is 3. The summed E-state index contributed by atoms with van der Waals surface area (Å²) in [5.41, 5.74) is 3.45. The molecule has 8 nitrogen and oxygen atoms in total. The first kappa shape index (κ1) is 24.2. The minimum atomic E-state index is -0.268. The molecule has 0 aliphatic heterocycles. The van der Waals surface area contributed by atoms with E-state index in [0.717, 1.165) is 22.3 Å². The predicted molar refractivity (Wildman–Crippen MR) is 143 cm³/mol. The second-order valence-corrected chi connectivity index (χ2v) is 7.91. The predicted octanol–water partition coefficient (Wildman–Crippen LogP) is 3.89. The van der Waals surface area contributed by atoms with E-state index in [1.165, 1.54) is 6.20 Å². The lowest BCUT2D eigenvalue weighted by molar-refractivity contribution is 0.102. The van der Waals surface area contributed by atoms with Crippen molar-refractivity contribution < 1.29 is 9.53 Å². The monoisotopic (exact) mass is 478 g/mol. The molecule has 0 spiro atoms. The van der Waals surface area contributed by atoms with Gasteiger partial charge in [0.05, 0.1) is 16.6 Å². The molecule has 0 unspecified atom stereocenters. The number of pyridine rings is 3. The molecule has 3 heterocycles. The van der Waals surface area contributed by atoms with Gasteiger partial charge < -0.3 is 20.7 Å². The summed E-state index contributed by atoms with van der Waals surface area (Å²) >= 11 is 0. The Morgan fingerprint density at radius 2 is 1.75 bits per heavy atom. The van der Waals surface area contributed by atoms with Crippen molar-refractivity contribution in [1.29, 1.82) is 0 Å². The van der Waals surface area contributed by atoms with Crippen LogP contribution in [0.15, 0.2) is 85.5 Å². The zero-order chi connectivity index (χ0) is 25.5. The van der Waals surface area contributed by atoms with E-state index < -0.39 is 0 Å². The Balaban J connectivity index is 1.41. The van der Waals surface area contributed by atoms with E-state index in [9.17, 15) is 4.79 Å². The average molecular weight is 479 g/mol. The molecule has 1 amide bonds. The van der Waals surface area contributed by atoms with E-state index in [2.05, 4.69) is 44.1 Å². The van der Waals surface area contributed by atoms with E-state index in [0.29, 0.717) is 33.9 Å². The highest BCUT2D eigenvalue weighted by Crippen LogP contribution is 2.23. The van der Waals surface area contributed by atoms with Crippen molar-refractivity contribution in [1.82, 2.24) is 20.3 Å². The molecule has 180 valence electrons. The number of nitrogens with zero attached hydrogens (tertiary/aromatic N) is 3.